The van der Waals surface area contributed by atoms with Gasteiger partial charge in [0.1, 0.15) is 0 Å². The molecule has 16 heavy (non-hydrogen) atoms. The van der Waals surface area contributed by atoms with Gasteiger partial charge < -0.3 is 9.84 Å². The van der Waals surface area contributed by atoms with Crippen LogP contribution in [0.4, 0.5) is 0 Å². The lowest BCUT2D eigenvalue weighted by Gasteiger charge is -2.19. The quantitative estimate of drug-likeness (QED) is 0.823. The van der Waals surface area contributed by atoms with Crippen LogP contribution in [0.1, 0.15) is 24.2 Å². The highest BCUT2D eigenvalue weighted by molar-refractivity contribution is 5.75. The van der Waals surface area contributed by atoms with Crippen LogP contribution in [0.3, 0.4) is 0 Å². The number of ether oxygens (including phenoxy) is 1. The van der Waals surface area contributed by atoms with Crippen molar-refractivity contribution in [2.75, 3.05) is 7.11 Å². The first-order chi connectivity index (χ1) is 7.51. The van der Waals surface area contributed by atoms with E-state index in [1.54, 1.807) is 4.68 Å². The molecule has 1 heterocycles. The number of methoxy groups -OCH3 is 1. The first-order valence-corrected chi connectivity index (χ1v) is 5.28. The summed E-state index contributed by atoms with van der Waals surface area (Å²) in [6.07, 6.45) is 0.865. The van der Waals surface area contributed by atoms with Crippen molar-refractivity contribution >= 4 is 5.97 Å². The predicted octanol–water partition coefficient (Wildman–Crippen LogP) is 0.860. The van der Waals surface area contributed by atoms with Gasteiger partial charge in [-0.3, -0.25) is 4.68 Å². The third kappa shape index (κ3) is 1.51. The van der Waals surface area contributed by atoms with Crippen molar-refractivity contribution in [3.05, 3.63) is 17.5 Å². The fourth-order valence-electron chi connectivity index (χ4n) is 2.15. The van der Waals surface area contributed by atoms with E-state index < -0.39 is 17.5 Å². The van der Waals surface area contributed by atoms with E-state index >= 15 is 0 Å². The topological polar surface area (TPSA) is 64.3 Å². The monoisotopic (exact) mass is 224 g/mol. The molecule has 5 heteroatoms. The maximum absolute atomic E-state index is 11.1. The summed E-state index contributed by atoms with van der Waals surface area (Å²) in [7, 11) is 3.30. The number of hydrogen-bond donors (Lipinski definition) is 1. The van der Waals surface area contributed by atoms with Crippen molar-refractivity contribution in [1.82, 2.24) is 9.78 Å². The average Bonchev–Trinajstić information content (AvgIpc) is 2.91. The minimum absolute atomic E-state index is 0.410. The van der Waals surface area contributed by atoms with E-state index in [1.807, 2.05) is 20.0 Å². The van der Waals surface area contributed by atoms with Crippen molar-refractivity contribution in [2.45, 2.75) is 31.3 Å². The van der Waals surface area contributed by atoms with Crippen LogP contribution in [0.5, 0.6) is 0 Å². The van der Waals surface area contributed by atoms with E-state index in [9.17, 15) is 4.79 Å². The summed E-state index contributed by atoms with van der Waals surface area (Å²) in [6, 6.07) is 1.95. The van der Waals surface area contributed by atoms with E-state index in [0.717, 1.165) is 24.2 Å². The highest BCUT2D eigenvalue weighted by atomic mass is 16.5. The van der Waals surface area contributed by atoms with Crippen molar-refractivity contribution in [2.24, 2.45) is 7.05 Å². The highest BCUT2D eigenvalue weighted by Gasteiger charge is 2.56. The van der Waals surface area contributed by atoms with Crippen LogP contribution in [-0.2, 0) is 22.0 Å². The summed E-state index contributed by atoms with van der Waals surface area (Å²) in [4.78, 5) is 11.1. The van der Waals surface area contributed by atoms with Crippen LogP contribution in [0.2, 0.25) is 0 Å². The number of rotatable bonds is 4. The Morgan fingerprint density at radius 2 is 2.31 bits per heavy atom. The van der Waals surface area contributed by atoms with Gasteiger partial charge in [0.25, 0.3) is 0 Å². The second-order valence-electron chi connectivity index (χ2n) is 4.40. The molecule has 5 nitrogen and oxygen atoms in total. The molecule has 1 fully saturated rings. The predicted molar refractivity (Wildman–Crippen MR) is 57.3 cm³/mol. The summed E-state index contributed by atoms with van der Waals surface area (Å²) in [5.41, 5.74) is 1.45. The molecule has 0 radical (unpaired) electrons. The third-order valence-corrected chi connectivity index (χ3v) is 3.37. The van der Waals surface area contributed by atoms with Gasteiger partial charge in [-0.15, -0.1) is 0 Å². The van der Waals surface area contributed by atoms with Crippen LogP contribution in [0, 0.1) is 6.92 Å². The molecule has 0 saturated heterocycles. The van der Waals surface area contributed by atoms with Crippen molar-refractivity contribution in [3.8, 4) is 0 Å². The van der Waals surface area contributed by atoms with Gasteiger partial charge in [0, 0.05) is 19.9 Å². The zero-order valence-electron chi connectivity index (χ0n) is 9.73. The fraction of sp³-hybridized carbons (Fsp3) is 0.636. The van der Waals surface area contributed by atoms with E-state index in [2.05, 4.69) is 5.10 Å². The normalized spacial score (nSPS) is 19.4. The molecule has 0 amide bonds. The lowest BCUT2D eigenvalue weighted by atomic mass is 9.95. The number of carbonyl (C=O) groups is 1. The second kappa shape index (κ2) is 3.59. The van der Waals surface area contributed by atoms with Gasteiger partial charge in [-0.25, -0.2) is 4.79 Å². The first kappa shape index (κ1) is 11.1. The molecule has 1 atom stereocenters. The molecule has 1 aromatic heterocycles. The fourth-order valence-corrected chi connectivity index (χ4v) is 2.15. The second-order valence-corrected chi connectivity index (χ2v) is 4.40. The summed E-state index contributed by atoms with van der Waals surface area (Å²) >= 11 is 0. The van der Waals surface area contributed by atoms with Gasteiger partial charge in [0.15, 0.2) is 6.10 Å². The van der Waals surface area contributed by atoms with Gasteiger partial charge in [-0.2, -0.15) is 5.10 Å². The smallest absolute Gasteiger partial charge is 0.333 e. The van der Waals surface area contributed by atoms with Crippen LogP contribution in [-0.4, -0.2) is 34.1 Å². The Labute approximate surface area is 94.0 Å². The standard InChI is InChI=1S/C11H16N2O3/c1-7-6-8(12-13(7)2)11(4-5-11)9(16-3)10(14)15/h6,9H,4-5H2,1-3H3,(H,14,15). The average molecular weight is 224 g/mol. The van der Waals surface area contributed by atoms with E-state index in [4.69, 9.17) is 9.84 Å². The van der Waals surface area contributed by atoms with E-state index in [-0.39, 0.29) is 0 Å². The maximum Gasteiger partial charge on any atom is 0.333 e. The zero-order valence-corrected chi connectivity index (χ0v) is 9.73. The number of aliphatic carboxylic acids is 1. The molecule has 2 rings (SSSR count). The Bertz CT molecular complexity index is 401. The molecule has 1 aliphatic carbocycles. The molecule has 0 bridgehead atoms. The number of nitrogens with zero attached hydrogens (tertiary/aromatic N) is 2. The molecular formula is C11H16N2O3. The highest BCUT2D eigenvalue weighted by Crippen LogP contribution is 2.51. The van der Waals surface area contributed by atoms with Gasteiger partial charge in [0.2, 0.25) is 0 Å². The molecular weight excluding hydrogens is 208 g/mol. The van der Waals surface area contributed by atoms with Crippen molar-refractivity contribution in [3.63, 3.8) is 0 Å². The first-order valence-electron chi connectivity index (χ1n) is 5.28. The Morgan fingerprint density at radius 3 is 2.62 bits per heavy atom. The van der Waals surface area contributed by atoms with Crippen LogP contribution in [0.15, 0.2) is 6.07 Å². The summed E-state index contributed by atoms with van der Waals surface area (Å²) in [5, 5.41) is 13.5. The Hall–Kier alpha value is -1.36. The summed E-state index contributed by atoms with van der Waals surface area (Å²) in [6.45, 7) is 1.95. The molecule has 0 spiro atoms. The number of aryl methyl sites for hydroxylation is 2. The molecule has 1 N–H and O–H groups in total. The van der Waals surface area contributed by atoms with Crippen LogP contribution >= 0.6 is 0 Å². The van der Waals surface area contributed by atoms with Crippen molar-refractivity contribution < 1.29 is 14.6 Å². The largest absolute Gasteiger partial charge is 0.479 e. The van der Waals surface area contributed by atoms with Gasteiger partial charge in [-0.05, 0) is 25.8 Å². The summed E-state index contributed by atoms with van der Waals surface area (Å²) in [5.74, 6) is -0.914. The minimum atomic E-state index is -0.914. The SMILES string of the molecule is COC(C(=O)O)C1(c2cc(C)n(C)n2)CC1. The van der Waals surface area contributed by atoms with Gasteiger partial charge in [0.05, 0.1) is 11.1 Å². The maximum atomic E-state index is 11.1. The Morgan fingerprint density at radius 1 is 1.69 bits per heavy atom. The molecule has 1 saturated carbocycles. The van der Waals surface area contributed by atoms with Crippen LogP contribution < -0.4 is 0 Å². The molecule has 1 aromatic rings. The number of carboxylic acid groups (broad SMARTS) is 1. The molecule has 1 unspecified atom stereocenters. The summed E-state index contributed by atoms with van der Waals surface area (Å²) < 4.78 is 6.86. The third-order valence-electron chi connectivity index (χ3n) is 3.37. The lowest BCUT2D eigenvalue weighted by molar-refractivity contribution is -0.150. The van der Waals surface area contributed by atoms with Crippen LogP contribution in [0.25, 0.3) is 0 Å². The van der Waals surface area contributed by atoms with Crippen molar-refractivity contribution in [1.29, 1.82) is 0 Å². The zero-order chi connectivity index (χ0) is 11.9. The van der Waals surface area contributed by atoms with E-state index in [0.29, 0.717) is 0 Å². The lowest BCUT2D eigenvalue weighted by Crippen LogP contribution is -2.36. The minimum Gasteiger partial charge on any atom is -0.479 e. The molecule has 88 valence electrons. The number of aromatic nitrogens is 2. The molecule has 0 aliphatic heterocycles. The van der Waals surface area contributed by atoms with Gasteiger partial charge >= 0.3 is 5.97 Å². The number of hydrogen-bond acceptors (Lipinski definition) is 3. The number of carboxylic acids is 1. The van der Waals surface area contributed by atoms with E-state index in [1.165, 1.54) is 7.11 Å². The Balaban J connectivity index is 2.35. The van der Waals surface area contributed by atoms with Gasteiger partial charge in [-0.1, -0.05) is 0 Å². The Kier molecular flexibility index (Phi) is 2.50. The molecule has 1 aliphatic rings. The molecule has 0 aromatic carbocycles.